The maximum Gasteiger partial charge on any atom is 0.145 e. The first-order valence-corrected chi connectivity index (χ1v) is 6.47. The molecule has 1 aromatic heterocycles. The van der Waals surface area contributed by atoms with Gasteiger partial charge in [0.05, 0.1) is 3.57 Å². The van der Waals surface area contributed by atoms with Crippen LogP contribution in [0.2, 0.25) is 0 Å². The van der Waals surface area contributed by atoms with E-state index in [2.05, 4.69) is 37.5 Å². The van der Waals surface area contributed by atoms with Crippen LogP contribution in [0.1, 0.15) is 19.8 Å². The zero-order valence-corrected chi connectivity index (χ0v) is 11.3. The average molecular weight is 331 g/mol. The summed E-state index contributed by atoms with van der Waals surface area (Å²) in [4.78, 5) is 21.9. The molecule has 1 unspecified atom stereocenters. The summed E-state index contributed by atoms with van der Waals surface area (Å²) < 4.78 is 1.05. The summed E-state index contributed by atoms with van der Waals surface area (Å²) in [6, 6.07) is 0. The Balaban J connectivity index is 2.16. The zero-order valence-electron chi connectivity index (χ0n) is 9.19. The van der Waals surface area contributed by atoms with E-state index in [0.717, 1.165) is 35.3 Å². The number of aromatic nitrogens is 2. The number of anilines is 1. The van der Waals surface area contributed by atoms with Crippen molar-refractivity contribution >= 4 is 34.2 Å². The van der Waals surface area contributed by atoms with E-state index in [1.807, 2.05) is 0 Å². The molecular formula is C11H14IN3O. The highest BCUT2D eigenvalue weighted by atomic mass is 127. The van der Waals surface area contributed by atoms with Gasteiger partial charge in [0.1, 0.15) is 17.9 Å². The van der Waals surface area contributed by atoms with Crippen LogP contribution < -0.4 is 4.90 Å². The van der Waals surface area contributed by atoms with E-state index in [-0.39, 0.29) is 11.7 Å². The van der Waals surface area contributed by atoms with Gasteiger partial charge in [-0.25, -0.2) is 9.97 Å². The summed E-state index contributed by atoms with van der Waals surface area (Å²) in [7, 11) is 0. The summed E-state index contributed by atoms with van der Waals surface area (Å²) in [5, 5.41) is 0. The number of hydrogen-bond acceptors (Lipinski definition) is 4. The molecule has 1 fully saturated rings. The van der Waals surface area contributed by atoms with Crippen molar-refractivity contribution in [3.63, 3.8) is 0 Å². The van der Waals surface area contributed by atoms with Crippen LogP contribution in [-0.4, -0.2) is 28.8 Å². The third-order valence-electron chi connectivity index (χ3n) is 2.94. The van der Waals surface area contributed by atoms with Gasteiger partial charge in [0, 0.05) is 25.2 Å². The Morgan fingerprint density at radius 2 is 2.44 bits per heavy atom. The predicted molar refractivity (Wildman–Crippen MR) is 70.4 cm³/mol. The van der Waals surface area contributed by atoms with Crippen molar-refractivity contribution in [1.29, 1.82) is 0 Å². The fraction of sp³-hybridized carbons (Fsp3) is 0.545. The van der Waals surface area contributed by atoms with E-state index < -0.39 is 0 Å². The Labute approximate surface area is 109 Å². The largest absolute Gasteiger partial charge is 0.355 e. The predicted octanol–water partition coefficient (Wildman–Crippen LogP) is 1.89. The average Bonchev–Trinajstić information content (AvgIpc) is 2.30. The van der Waals surface area contributed by atoms with Gasteiger partial charge in [0.2, 0.25) is 0 Å². The van der Waals surface area contributed by atoms with Crippen molar-refractivity contribution in [1.82, 2.24) is 9.97 Å². The molecule has 0 saturated carbocycles. The highest BCUT2D eigenvalue weighted by molar-refractivity contribution is 14.1. The lowest BCUT2D eigenvalue weighted by atomic mass is 9.95. The highest BCUT2D eigenvalue weighted by Crippen LogP contribution is 2.25. The molecule has 1 atom stereocenters. The SMILES string of the molecule is CC(=O)C1CCCN(c2ncncc2I)C1. The molecule has 1 aromatic rings. The molecule has 1 aliphatic rings. The Morgan fingerprint density at radius 3 is 3.12 bits per heavy atom. The van der Waals surface area contributed by atoms with Gasteiger partial charge in [-0.3, -0.25) is 4.79 Å². The van der Waals surface area contributed by atoms with Gasteiger partial charge in [-0.2, -0.15) is 0 Å². The minimum atomic E-state index is 0.166. The van der Waals surface area contributed by atoms with E-state index in [9.17, 15) is 4.79 Å². The maximum absolute atomic E-state index is 11.4. The van der Waals surface area contributed by atoms with Crippen LogP contribution in [0.15, 0.2) is 12.5 Å². The Bertz CT molecular complexity index is 397. The molecule has 5 heteroatoms. The highest BCUT2D eigenvalue weighted by Gasteiger charge is 2.24. The number of carbonyl (C=O) groups excluding carboxylic acids is 1. The molecule has 0 amide bonds. The normalized spacial score (nSPS) is 20.9. The van der Waals surface area contributed by atoms with Crippen molar-refractivity contribution in [2.75, 3.05) is 18.0 Å². The second-order valence-electron chi connectivity index (χ2n) is 4.09. The van der Waals surface area contributed by atoms with Crippen LogP contribution in [0.25, 0.3) is 0 Å². The molecule has 2 heterocycles. The van der Waals surface area contributed by atoms with E-state index in [0.29, 0.717) is 0 Å². The third-order valence-corrected chi connectivity index (χ3v) is 3.70. The fourth-order valence-electron chi connectivity index (χ4n) is 2.04. The lowest BCUT2D eigenvalue weighted by molar-refractivity contribution is -0.120. The van der Waals surface area contributed by atoms with Crippen molar-refractivity contribution in [2.45, 2.75) is 19.8 Å². The number of piperidine rings is 1. The minimum absolute atomic E-state index is 0.166. The van der Waals surface area contributed by atoms with Gasteiger partial charge in [0.15, 0.2) is 0 Å². The topological polar surface area (TPSA) is 46.1 Å². The monoisotopic (exact) mass is 331 g/mol. The second-order valence-corrected chi connectivity index (χ2v) is 5.25. The lowest BCUT2D eigenvalue weighted by Crippen LogP contribution is -2.39. The number of carbonyl (C=O) groups is 1. The molecule has 0 aliphatic carbocycles. The van der Waals surface area contributed by atoms with Gasteiger partial charge < -0.3 is 4.90 Å². The molecule has 16 heavy (non-hydrogen) atoms. The quantitative estimate of drug-likeness (QED) is 0.777. The first-order chi connectivity index (χ1) is 7.68. The van der Waals surface area contributed by atoms with Crippen LogP contribution in [0.5, 0.6) is 0 Å². The van der Waals surface area contributed by atoms with Crippen molar-refractivity contribution in [3.05, 3.63) is 16.1 Å². The number of ketones is 1. The Morgan fingerprint density at radius 1 is 1.62 bits per heavy atom. The summed E-state index contributed by atoms with van der Waals surface area (Å²) in [5.74, 6) is 1.41. The van der Waals surface area contributed by atoms with E-state index in [4.69, 9.17) is 0 Å². The van der Waals surface area contributed by atoms with E-state index >= 15 is 0 Å². The van der Waals surface area contributed by atoms with Crippen molar-refractivity contribution < 1.29 is 4.79 Å². The van der Waals surface area contributed by atoms with Crippen molar-refractivity contribution in [2.24, 2.45) is 5.92 Å². The van der Waals surface area contributed by atoms with Gasteiger partial charge in [-0.1, -0.05) is 0 Å². The number of halogens is 1. The molecule has 86 valence electrons. The molecule has 0 spiro atoms. The third kappa shape index (κ3) is 2.50. The maximum atomic E-state index is 11.4. The van der Waals surface area contributed by atoms with Gasteiger partial charge >= 0.3 is 0 Å². The van der Waals surface area contributed by atoms with Gasteiger partial charge in [-0.05, 0) is 42.4 Å². The fourth-order valence-corrected chi connectivity index (χ4v) is 2.68. The summed E-state index contributed by atoms with van der Waals surface area (Å²) >= 11 is 2.24. The first kappa shape index (κ1) is 11.8. The van der Waals surface area contributed by atoms with Crippen LogP contribution in [0, 0.1) is 9.49 Å². The molecule has 1 saturated heterocycles. The number of rotatable bonds is 2. The van der Waals surface area contributed by atoms with Gasteiger partial charge in [0.25, 0.3) is 0 Å². The second kappa shape index (κ2) is 5.07. The van der Waals surface area contributed by atoms with Gasteiger partial charge in [-0.15, -0.1) is 0 Å². The molecular weight excluding hydrogens is 317 g/mol. The lowest BCUT2D eigenvalue weighted by Gasteiger charge is -2.32. The van der Waals surface area contributed by atoms with Crippen LogP contribution in [0.4, 0.5) is 5.82 Å². The molecule has 4 nitrogen and oxygen atoms in total. The number of Topliss-reactive ketones (excluding diaryl/α,β-unsaturated/α-hetero) is 1. The molecule has 0 radical (unpaired) electrons. The van der Waals surface area contributed by atoms with Crippen LogP contribution >= 0.6 is 22.6 Å². The van der Waals surface area contributed by atoms with Crippen LogP contribution in [-0.2, 0) is 4.79 Å². The standard InChI is InChI=1S/C11H14IN3O/c1-8(16)9-3-2-4-15(6-9)11-10(12)5-13-7-14-11/h5,7,9H,2-4,6H2,1H3. The van der Waals surface area contributed by atoms with Crippen LogP contribution in [0.3, 0.4) is 0 Å². The Hall–Kier alpha value is -0.720. The number of nitrogens with zero attached hydrogens (tertiary/aromatic N) is 3. The van der Waals surface area contributed by atoms with E-state index in [1.54, 1.807) is 19.4 Å². The smallest absolute Gasteiger partial charge is 0.145 e. The summed E-state index contributed by atoms with van der Waals surface area (Å²) in [6.07, 6.45) is 5.44. The van der Waals surface area contributed by atoms with Crippen molar-refractivity contribution in [3.8, 4) is 0 Å². The molecule has 1 aliphatic heterocycles. The number of hydrogen-bond donors (Lipinski definition) is 0. The molecule has 2 rings (SSSR count). The Kier molecular flexibility index (Phi) is 3.73. The first-order valence-electron chi connectivity index (χ1n) is 5.39. The zero-order chi connectivity index (χ0) is 11.5. The minimum Gasteiger partial charge on any atom is -0.355 e. The summed E-state index contributed by atoms with van der Waals surface area (Å²) in [5.41, 5.74) is 0. The molecule has 0 N–H and O–H groups in total. The molecule has 0 aromatic carbocycles. The summed E-state index contributed by atoms with van der Waals surface area (Å²) in [6.45, 7) is 3.46. The van der Waals surface area contributed by atoms with E-state index in [1.165, 1.54) is 0 Å². The molecule has 0 bridgehead atoms.